The molecule has 2 aliphatic heterocycles. The van der Waals surface area contributed by atoms with Crippen LogP contribution < -0.4 is 0 Å². The number of nitriles is 1. The lowest BCUT2D eigenvalue weighted by atomic mass is 10.8. The van der Waals surface area contributed by atoms with Crippen LogP contribution in [0.15, 0.2) is 9.98 Å². The summed E-state index contributed by atoms with van der Waals surface area (Å²) in [5.74, 6) is 0. The third-order valence-corrected chi connectivity index (χ3v) is 0.975. The van der Waals surface area contributed by atoms with Crippen LogP contribution >= 0.6 is 0 Å². The number of rotatable bonds is 0. The molecular formula is C7H11N3O3. The van der Waals surface area contributed by atoms with E-state index in [9.17, 15) is 0 Å². The first-order chi connectivity index (χ1) is 6.41. The molecule has 2 heterocycles. The summed E-state index contributed by atoms with van der Waals surface area (Å²) in [6.07, 6.45) is 3.72. The topological polar surface area (TPSA) is 87.2 Å². The summed E-state index contributed by atoms with van der Waals surface area (Å²) >= 11 is 0. The van der Waals surface area contributed by atoms with Gasteiger partial charge in [-0.1, -0.05) is 0 Å². The van der Waals surface area contributed by atoms with E-state index in [1.807, 2.05) is 0 Å². The first kappa shape index (κ1) is 11.2. The van der Waals surface area contributed by atoms with Crippen molar-refractivity contribution < 1.29 is 14.6 Å². The van der Waals surface area contributed by atoms with Crippen LogP contribution in [0.5, 0.6) is 0 Å². The van der Waals surface area contributed by atoms with E-state index in [1.165, 1.54) is 12.8 Å². The quantitative estimate of drug-likeness (QED) is 0.535. The summed E-state index contributed by atoms with van der Waals surface area (Å²) < 4.78 is 9.31. The molecule has 2 rings (SSSR count). The molecule has 2 aliphatic rings. The molecular weight excluding hydrogens is 174 g/mol. The normalized spacial score (nSPS) is 15.3. The minimum Gasteiger partial charge on any atom is -0.482 e. The largest absolute Gasteiger partial charge is 0.482 e. The van der Waals surface area contributed by atoms with Crippen molar-refractivity contribution in [2.24, 2.45) is 9.98 Å². The smallest absolute Gasteiger partial charge is 0.283 e. The zero-order valence-electron chi connectivity index (χ0n) is 7.09. The Morgan fingerprint density at radius 3 is 1.62 bits per heavy atom. The van der Waals surface area contributed by atoms with Crippen molar-refractivity contribution in [2.45, 2.75) is 0 Å². The number of aliphatic hydroxyl groups excluding tert-OH is 1. The van der Waals surface area contributed by atoms with Crippen LogP contribution in [-0.4, -0.2) is 44.2 Å². The molecule has 0 aromatic carbocycles. The zero-order valence-corrected chi connectivity index (χ0v) is 7.09. The van der Waals surface area contributed by atoms with Crippen molar-refractivity contribution in [1.29, 1.82) is 5.26 Å². The number of hydrogen-bond donors (Lipinski definition) is 1. The van der Waals surface area contributed by atoms with Crippen molar-refractivity contribution in [3.8, 4) is 6.26 Å². The van der Waals surface area contributed by atoms with E-state index in [2.05, 4.69) is 19.5 Å². The van der Waals surface area contributed by atoms with Crippen molar-refractivity contribution in [1.82, 2.24) is 0 Å². The van der Waals surface area contributed by atoms with Gasteiger partial charge in [0.15, 0.2) is 12.8 Å². The highest BCUT2D eigenvalue weighted by atomic mass is 16.5. The molecule has 0 fully saturated rings. The van der Waals surface area contributed by atoms with Crippen LogP contribution in [0.2, 0.25) is 0 Å². The van der Waals surface area contributed by atoms with Gasteiger partial charge in [0.2, 0.25) is 0 Å². The van der Waals surface area contributed by atoms with Crippen LogP contribution in [-0.2, 0) is 9.47 Å². The summed E-state index contributed by atoms with van der Waals surface area (Å²) in [5, 5.41) is 13.8. The van der Waals surface area contributed by atoms with E-state index in [1.54, 1.807) is 0 Å². The molecule has 72 valence electrons. The molecule has 0 aromatic rings. The second-order valence-electron chi connectivity index (χ2n) is 1.86. The van der Waals surface area contributed by atoms with E-state index in [4.69, 9.17) is 10.4 Å². The van der Waals surface area contributed by atoms with Crippen molar-refractivity contribution >= 4 is 12.8 Å². The SMILES string of the molecule is C1=NCCO1.C1=NCCO1.N#CO. The van der Waals surface area contributed by atoms with Gasteiger partial charge >= 0.3 is 0 Å². The fraction of sp³-hybridized carbons (Fsp3) is 0.571. The lowest BCUT2D eigenvalue weighted by molar-refractivity contribution is 0.361. The Bertz CT molecular complexity index is 170. The Morgan fingerprint density at radius 2 is 1.54 bits per heavy atom. The number of aliphatic hydroxyl groups is 1. The summed E-state index contributed by atoms with van der Waals surface area (Å²) in [4.78, 5) is 7.47. The maximum Gasteiger partial charge on any atom is 0.283 e. The molecule has 0 unspecified atom stereocenters. The van der Waals surface area contributed by atoms with Crippen LogP contribution in [0.25, 0.3) is 0 Å². The first-order valence-electron chi connectivity index (χ1n) is 3.64. The van der Waals surface area contributed by atoms with Gasteiger partial charge in [0.05, 0.1) is 13.1 Å². The molecule has 0 amide bonds. The lowest BCUT2D eigenvalue weighted by Crippen LogP contribution is -1.80. The molecule has 0 saturated heterocycles. The Morgan fingerprint density at radius 1 is 1.15 bits per heavy atom. The molecule has 0 bridgehead atoms. The van der Waals surface area contributed by atoms with Gasteiger partial charge in [-0.25, -0.2) is 0 Å². The fourth-order valence-electron chi connectivity index (χ4n) is 0.527. The van der Waals surface area contributed by atoms with Gasteiger partial charge in [0.25, 0.3) is 6.26 Å². The molecule has 0 spiro atoms. The first-order valence-corrected chi connectivity index (χ1v) is 3.64. The van der Waals surface area contributed by atoms with Crippen LogP contribution in [0.4, 0.5) is 0 Å². The van der Waals surface area contributed by atoms with Gasteiger partial charge in [0.1, 0.15) is 13.2 Å². The molecule has 0 saturated carbocycles. The minimum absolute atomic E-state index is 0.750. The molecule has 6 nitrogen and oxygen atoms in total. The van der Waals surface area contributed by atoms with Gasteiger partial charge in [-0.05, 0) is 0 Å². The predicted octanol–water partition coefficient (Wildman–Crippen LogP) is -0.0702. The molecule has 0 radical (unpaired) electrons. The average Bonchev–Trinajstić information content (AvgIpc) is 2.85. The molecule has 1 N–H and O–H groups in total. The summed E-state index contributed by atoms with van der Waals surface area (Å²) in [6.45, 7) is 3.25. The van der Waals surface area contributed by atoms with E-state index in [-0.39, 0.29) is 0 Å². The van der Waals surface area contributed by atoms with E-state index < -0.39 is 0 Å². The predicted molar refractivity (Wildman–Crippen MR) is 46.2 cm³/mol. The number of ether oxygens (including phenoxy) is 2. The maximum absolute atomic E-state index is 6.88. The highest BCUT2D eigenvalue weighted by Gasteiger charge is 1.85. The van der Waals surface area contributed by atoms with Gasteiger partial charge < -0.3 is 14.6 Å². The van der Waals surface area contributed by atoms with E-state index >= 15 is 0 Å². The van der Waals surface area contributed by atoms with Crippen molar-refractivity contribution in [3.63, 3.8) is 0 Å². The summed E-state index contributed by atoms with van der Waals surface area (Å²) in [5.41, 5.74) is 0. The highest BCUT2D eigenvalue weighted by molar-refractivity contribution is 5.48. The third-order valence-electron chi connectivity index (χ3n) is 0.975. The second kappa shape index (κ2) is 10.2. The van der Waals surface area contributed by atoms with Crippen LogP contribution in [0, 0.1) is 11.5 Å². The Balaban J connectivity index is 0.000000174. The van der Waals surface area contributed by atoms with E-state index in [0.29, 0.717) is 0 Å². The summed E-state index contributed by atoms with van der Waals surface area (Å²) in [6, 6.07) is 0. The lowest BCUT2D eigenvalue weighted by Gasteiger charge is -1.76. The fourth-order valence-corrected chi connectivity index (χ4v) is 0.527. The molecule has 0 aliphatic carbocycles. The van der Waals surface area contributed by atoms with Crippen molar-refractivity contribution in [2.75, 3.05) is 26.3 Å². The summed E-state index contributed by atoms with van der Waals surface area (Å²) in [7, 11) is 0. The second-order valence-corrected chi connectivity index (χ2v) is 1.86. The number of hydrogen-bond acceptors (Lipinski definition) is 6. The van der Waals surface area contributed by atoms with Gasteiger partial charge in [-0.3, -0.25) is 9.98 Å². The molecule has 0 atom stereocenters. The Hall–Kier alpha value is -1.77. The average molecular weight is 185 g/mol. The van der Waals surface area contributed by atoms with Crippen LogP contribution in [0.1, 0.15) is 0 Å². The molecule has 0 aromatic heterocycles. The molecule has 13 heavy (non-hydrogen) atoms. The van der Waals surface area contributed by atoms with Crippen molar-refractivity contribution in [3.05, 3.63) is 0 Å². The third kappa shape index (κ3) is 10.2. The monoisotopic (exact) mass is 185 g/mol. The van der Waals surface area contributed by atoms with Crippen LogP contribution in [0.3, 0.4) is 0 Å². The number of aliphatic imine (C=N–C) groups is 2. The standard InChI is InChI=1S/2C3H5NO.CHNO/c2*1-2-5-3-4-1;2-1-3/h2*3H,1-2H2;3H. The van der Waals surface area contributed by atoms with Gasteiger partial charge in [-0.15, -0.1) is 0 Å². The zero-order chi connectivity index (χ0) is 9.78. The molecule has 6 heteroatoms. The Labute approximate surface area is 76.1 Å². The highest BCUT2D eigenvalue weighted by Crippen LogP contribution is 1.79. The van der Waals surface area contributed by atoms with E-state index in [0.717, 1.165) is 32.6 Å². The van der Waals surface area contributed by atoms with Gasteiger partial charge in [-0.2, -0.15) is 5.26 Å². The maximum atomic E-state index is 6.88. The minimum atomic E-state index is 0.750. The van der Waals surface area contributed by atoms with Gasteiger partial charge in [0, 0.05) is 0 Å². The Kier molecular flexibility index (Phi) is 8.84. The number of nitrogens with zero attached hydrogens (tertiary/aromatic N) is 3.